The molecule has 0 spiro atoms. The van der Waals surface area contributed by atoms with E-state index in [4.69, 9.17) is 4.74 Å². The standard InChI is InChI=1S/C21H20F3N3O3/c1-12-8-13(25-10-12)2-3-15-11-27(21(29)30-15)17-9-16(22)20(19(24)18(17)23)26-6-4-14(28)5-7-26/h4,6,8-9,15H,2-3,5,7,10-11H2,1H3/t15-/m0/s1. The fourth-order valence-electron chi connectivity index (χ4n) is 3.71. The molecule has 0 N–H and O–H groups in total. The van der Waals surface area contributed by atoms with E-state index in [1.54, 1.807) is 0 Å². The van der Waals surface area contributed by atoms with Crippen molar-refractivity contribution in [2.45, 2.75) is 32.3 Å². The molecule has 0 radical (unpaired) electrons. The van der Waals surface area contributed by atoms with E-state index in [1.165, 1.54) is 12.3 Å². The number of aliphatic imine (C=N–C) groups is 1. The molecule has 0 aliphatic carbocycles. The van der Waals surface area contributed by atoms with Crippen LogP contribution in [-0.4, -0.2) is 43.3 Å². The third-order valence-corrected chi connectivity index (χ3v) is 5.27. The molecule has 0 saturated carbocycles. The van der Waals surface area contributed by atoms with Crippen molar-refractivity contribution < 1.29 is 27.5 Å². The van der Waals surface area contributed by atoms with Gasteiger partial charge < -0.3 is 9.64 Å². The number of benzene rings is 1. The van der Waals surface area contributed by atoms with Gasteiger partial charge >= 0.3 is 6.09 Å². The molecule has 1 amide bonds. The Balaban J connectivity index is 1.52. The quantitative estimate of drug-likeness (QED) is 0.679. The molecule has 1 atom stereocenters. The zero-order chi connectivity index (χ0) is 21.4. The first kappa shape index (κ1) is 20.2. The van der Waals surface area contributed by atoms with Gasteiger partial charge in [0, 0.05) is 30.9 Å². The number of cyclic esters (lactones) is 1. The summed E-state index contributed by atoms with van der Waals surface area (Å²) in [4.78, 5) is 29.9. The number of hydrogen-bond donors (Lipinski definition) is 0. The van der Waals surface area contributed by atoms with E-state index >= 15 is 0 Å². The van der Waals surface area contributed by atoms with Crippen molar-refractivity contribution in [1.29, 1.82) is 0 Å². The van der Waals surface area contributed by atoms with E-state index in [-0.39, 0.29) is 25.3 Å². The number of allylic oxidation sites excluding steroid dienone is 2. The van der Waals surface area contributed by atoms with Crippen LogP contribution in [0.25, 0.3) is 0 Å². The van der Waals surface area contributed by atoms with Gasteiger partial charge in [-0.1, -0.05) is 5.57 Å². The molecule has 9 heteroatoms. The molecule has 3 aliphatic rings. The molecule has 1 aromatic rings. The third-order valence-electron chi connectivity index (χ3n) is 5.27. The molecule has 30 heavy (non-hydrogen) atoms. The minimum Gasteiger partial charge on any atom is -0.444 e. The Morgan fingerprint density at radius 3 is 2.70 bits per heavy atom. The molecule has 0 aromatic heterocycles. The van der Waals surface area contributed by atoms with E-state index in [0.29, 0.717) is 19.4 Å². The SMILES string of the molecule is CC1=CC(CC[C@H]2CN(c3cc(F)c(N4C=CC(=O)CC4)c(F)c3F)C(=O)O2)=NC1. The van der Waals surface area contributed by atoms with E-state index in [2.05, 4.69) is 4.99 Å². The molecular formula is C21H20F3N3O3. The number of rotatable bonds is 5. The summed E-state index contributed by atoms with van der Waals surface area (Å²) >= 11 is 0. The van der Waals surface area contributed by atoms with Gasteiger partial charge in [0.25, 0.3) is 0 Å². The zero-order valence-corrected chi connectivity index (χ0v) is 16.3. The van der Waals surface area contributed by atoms with Crippen molar-refractivity contribution in [3.05, 3.63) is 47.4 Å². The van der Waals surface area contributed by atoms with Crippen LogP contribution >= 0.6 is 0 Å². The highest BCUT2D eigenvalue weighted by molar-refractivity contribution is 5.97. The monoisotopic (exact) mass is 419 g/mol. The second-order valence-corrected chi connectivity index (χ2v) is 7.53. The molecule has 0 unspecified atom stereocenters. The number of amides is 1. The van der Waals surface area contributed by atoms with Crippen molar-refractivity contribution in [2.24, 2.45) is 4.99 Å². The topological polar surface area (TPSA) is 62.2 Å². The molecule has 0 bridgehead atoms. The normalized spacial score (nSPS) is 21.3. The number of carbonyl (C=O) groups is 2. The molecule has 1 saturated heterocycles. The third kappa shape index (κ3) is 3.83. The van der Waals surface area contributed by atoms with Gasteiger partial charge in [0.1, 0.15) is 11.8 Å². The lowest BCUT2D eigenvalue weighted by Crippen LogP contribution is -2.29. The van der Waals surface area contributed by atoms with Crippen LogP contribution < -0.4 is 9.80 Å². The summed E-state index contributed by atoms with van der Waals surface area (Å²) in [6.45, 7) is 2.65. The Bertz CT molecular complexity index is 1000. The fraction of sp³-hybridized carbons (Fsp3) is 0.381. The van der Waals surface area contributed by atoms with Gasteiger partial charge in [-0.05, 0) is 31.9 Å². The molecule has 1 fully saturated rings. The van der Waals surface area contributed by atoms with Crippen LogP contribution in [0, 0.1) is 17.5 Å². The number of halogens is 3. The maximum Gasteiger partial charge on any atom is 0.414 e. The minimum atomic E-state index is -1.42. The van der Waals surface area contributed by atoms with Crippen LogP contribution in [0.2, 0.25) is 0 Å². The van der Waals surface area contributed by atoms with Crippen LogP contribution in [0.1, 0.15) is 26.2 Å². The maximum absolute atomic E-state index is 14.8. The highest BCUT2D eigenvalue weighted by atomic mass is 19.2. The first-order valence-electron chi connectivity index (χ1n) is 9.67. The Morgan fingerprint density at radius 2 is 2.03 bits per heavy atom. The number of anilines is 2. The lowest BCUT2D eigenvalue weighted by Gasteiger charge is -2.25. The predicted octanol–water partition coefficient (Wildman–Crippen LogP) is 3.90. The summed E-state index contributed by atoms with van der Waals surface area (Å²) in [5.41, 5.74) is 0.955. The van der Waals surface area contributed by atoms with Gasteiger partial charge in [0.2, 0.25) is 0 Å². The van der Waals surface area contributed by atoms with Gasteiger partial charge in [-0.25, -0.2) is 18.0 Å². The van der Waals surface area contributed by atoms with Gasteiger partial charge in [0.15, 0.2) is 23.2 Å². The zero-order valence-electron chi connectivity index (χ0n) is 16.3. The smallest absolute Gasteiger partial charge is 0.414 e. The average Bonchev–Trinajstić information content (AvgIpc) is 3.29. The Labute approximate surface area is 171 Å². The first-order valence-corrected chi connectivity index (χ1v) is 9.67. The van der Waals surface area contributed by atoms with E-state index < -0.39 is 41.0 Å². The Morgan fingerprint density at radius 1 is 1.23 bits per heavy atom. The Kier molecular flexibility index (Phi) is 5.36. The highest BCUT2D eigenvalue weighted by Crippen LogP contribution is 2.35. The number of ether oxygens (including phenoxy) is 1. The van der Waals surface area contributed by atoms with Crippen LogP contribution in [0.15, 0.2) is 35.0 Å². The van der Waals surface area contributed by atoms with Crippen molar-refractivity contribution in [1.82, 2.24) is 0 Å². The van der Waals surface area contributed by atoms with Crippen LogP contribution in [0.3, 0.4) is 0 Å². The van der Waals surface area contributed by atoms with Crippen molar-refractivity contribution in [2.75, 3.05) is 29.4 Å². The molecular weight excluding hydrogens is 399 g/mol. The maximum atomic E-state index is 14.8. The lowest BCUT2D eigenvalue weighted by molar-refractivity contribution is -0.114. The van der Waals surface area contributed by atoms with Crippen molar-refractivity contribution in [3.8, 4) is 0 Å². The summed E-state index contributed by atoms with van der Waals surface area (Å²) in [6.07, 6.45) is 4.12. The molecule has 158 valence electrons. The number of ketones is 1. The van der Waals surface area contributed by atoms with Crippen LogP contribution in [-0.2, 0) is 9.53 Å². The number of nitrogens with zero attached hydrogens (tertiary/aromatic N) is 3. The highest BCUT2D eigenvalue weighted by Gasteiger charge is 2.36. The molecule has 3 aliphatic heterocycles. The van der Waals surface area contributed by atoms with E-state index in [0.717, 1.165) is 27.2 Å². The predicted molar refractivity (Wildman–Crippen MR) is 105 cm³/mol. The second kappa shape index (κ2) is 7.97. The molecule has 3 heterocycles. The largest absolute Gasteiger partial charge is 0.444 e. The summed E-state index contributed by atoms with van der Waals surface area (Å²) < 4.78 is 49.4. The van der Waals surface area contributed by atoms with Crippen molar-refractivity contribution in [3.63, 3.8) is 0 Å². The number of hydrogen-bond acceptors (Lipinski definition) is 5. The average molecular weight is 419 g/mol. The van der Waals surface area contributed by atoms with Gasteiger partial charge in [-0.3, -0.25) is 14.7 Å². The summed E-state index contributed by atoms with van der Waals surface area (Å²) in [7, 11) is 0. The van der Waals surface area contributed by atoms with Gasteiger partial charge in [-0.15, -0.1) is 0 Å². The molecule has 4 rings (SSSR count). The second-order valence-electron chi connectivity index (χ2n) is 7.53. The minimum absolute atomic E-state index is 0.0118. The first-order chi connectivity index (χ1) is 14.3. The lowest BCUT2D eigenvalue weighted by atomic mass is 10.1. The number of carbonyl (C=O) groups excluding carboxylic acids is 2. The van der Waals surface area contributed by atoms with Crippen molar-refractivity contribution >= 4 is 29.0 Å². The molecule has 6 nitrogen and oxygen atoms in total. The molecule has 1 aromatic carbocycles. The summed E-state index contributed by atoms with van der Waals surface area (Å²) in [6, 6.07) is 0.787. The fourth-order valence-corrected chi connectivity index (χ4v) is 3.71. The van der Waals surface area contributed by atoms with E-state index in [1.807, 2.05) is 13.0 Å². The Hall–Kier alpha value is -3.10. The summed E-state index contributed by atoms with van der Waals surface area (Å²) in [5, 5.41) is 0. The van der Waals surface area contributed by atoms with E-state index in [9.17, 15) is 22.8 Å². The van der Waals surface area contributed by atoms with Crippen LogP contribution in [0.5, 0.6) is 0 Å². The van der Waals surface area contributed by atoms with Gasteiger partial charge in [0.05, 0.1) is 18.8 Å². The van der Waals surface area contributed by atoms with Gasteiger partial charge in [-0.2, -0.15) is 0 Å². The summed E-state index contributed by atoms with van der Waals surface area (Å²) in [5.74, 6) is -3.96. The van der Waals surface area contributed by atoms with Crippen LogP contribution in [0.4, 0.5) is 29.3 Å².